The number of carbonyl (C=O) groups excluding carboxylic acids is 2. The molecule has 2 aromatic carbocycles. The fourth-order valence-corrected chi connectivity index (χ4v) is 4.27. The second kappa shape index (κ2) is 10.4. The van der Waals surface area contributed by atoms with Gasteiger partial charge in [0.15, 0.2) is 6.61 Å². The Balaban J connectivity index is 1.53. The summed E-state index contributed by atoms with van der Waals surface area (Å²) in [5.74, 6) is 0.621. The van der Waals surface area contributed by atoms with Crippen molar-refractivity contribution in [2.45, 2.75) is 46.6 Å². The fraction of sp³-hybridized carbons (Fsp3) is 0.320. The lowest BCUT2D eigenvalue weighted by atomic mass is 10.1. The normalized spacial score (nSPS) is 11.7. The Hall–Kier alpha value is -2.99. The molecule has 1 heterocycles. The number of hydrogen-bond acceptors (Lipinski definition) is 5. The minimum Gasteiger partial charge on any atom is -0.484 e. The van der Waals surface area contributed by atoms with Gasteiger partial charge in [-0.25, -0.2) is 4.98 Å². The van der Waals surface area contributed by atoms with Crippen LogP contribution in [0.1, 0.15) is 48.0 Å². The first-order valence-electron chi connectivity index (χ1n) is 10.4. The maximum Gasteiger partial charge on any atom is 0.258 e. The summed E-state index contributed by atoms with van der Waals surface area (Å²) in [6.45, 7) is 7.52. The number of nitrogens with zero attached hydrogens (tertiary/aromatic N) is 1. The molecule has 3 aromatic rings. The molecule has 0 spiro atoms. The second-order valence-electron chi connectivity index (χ2n) is 7.76. The van der Waals surface area contributed by atoms with Gasteiger partial charge in [-0.15, -0.1) is 11.3 Å². The number of hydrogen-bond donors (Lipinski definition) is 1. The molecule has 0 aliphatic heterocycles. The Bertz CT molecular complexity index is 1040. The first-order chi connectivity index (χ1) is 14.8. The van der Waals surface area contributed by atoms with E-state index in [1.807, 2.05) is 38.1 Å². The van der Waals surface area contributed by atoms with Gasteiger partial charge in [0.05, 0.1) is 16.6 Å². The number of amides is 1. The highest BCUT2D eigenvalue weighted by Crippen LogP contribution is 2.31. The van der Waals surface area contributed by atoms with E-state index in [1.165, 1.54) is 5.56 Å². The number of ether oxygens (including phenoxy) is 1. The summed E-state index contributed by atoms with van der Waals surface area (Å²) in [7, 11) is 0. The van der Waals surface area contributed by atoms with Crippen molar-refractivity contribution in [2.24, 2.45) is 0 Å². The maximum absolute atomic E-state index is 12.4. The zero-order valence-corrected chi connectivity index (χ0v) is 19.2. The van der Waals surface area contributed by atoms with Gasteiger partial charge in [-0.2, -0.15) is 0 Å². The van der Waals surface area contributed by atoms with Gasteiger partial charge in [0.1, 0.15) is 16.5 Å². The summed E-state index contributed by atoms with van der Waals surface area (Å²) in [6.07, 6.45) is 1.25. The molecule has 0 radical (unpaired) electrons. The van der Waals surface area contributed by atoms with E-state index in [0.717, 1.165) is 26.7 Å². The molecule has 6 heteroatoms. The molecule has 31 heavy (non-hydrogen) atoms. The number of Topliss-reactive ketones (excluding diaryl/α,β-unsaturated/α-hetero) is 1. The molecule has 1 atom stereocenters. The molecule has 0 bridgehead atoms. The highest BCUT2D eigenvalue weighted by Gasteiger charge is 2.17. The molecule has 0 aliphatic rings. The number of nitrogens with one attached hydrogen (secondary N) is 1. The van der Waals surface area contributed by atoms with Crippen LogP contribution in [-0.4, -0.2) is 23.3 Å². The van der Waals surface area contributed by atoms with Gasteiger partial charge in [0, 0.05) is 12.0 Å². The molecule has 0 fully saturated rings. The first-order valence-corrected chi connectivity index (χ1v) is 11.2. The molecule has 1 unspecified atom stereocenters. The van der Waals surface area contributed by atoms with E-state index >= 15 is 0 Å². The van der Waals surface area contributed by atoms with Crippen LogP contribution in [0.3, 0.4) is 0 Å². The smallest absolute Gasteiger partial charge is 0.258 e. The number of rotatable bonds is 9. The number of benzene rings is 2. The lowest BCUT2D eigenvalue weighted by Gasteiger charge is -2.13. The van der Waals surface area contributed by atoms with Crippen LogP contribution in [0.15, 0.2) is 48.5 Å². The minimum absolute atomic E-state index is 0.0558. The van der Waals surface area contributed by atoms with E-state index in [2.05, 4.69) is 41.5 Å². The van der Waals surface area contributed by atoms with Crippen LogP contribution in [0.5, 0.6) is 5.75 Å². The summed E-state index contributed by atoms with van der Waals surface area (Å²) < 4.78 is 5.61. The molecule has 5 nitrogen and oxygen atoms in total. The molecule has 0 saturated heterocycles. The van der Waals surface area contributed by atoms with E-state index < -0.39 is 0 Å². The third kappa shape index (κ3) is 6.49. The number of ketones is 1. The molecule has 162 valence electrons. The van der Waals surface area contributed by atoms with Crippen LogP contribution in [0, 0.1) is 13.8 Å². The van der Waals surface area contributed by atoms with E-state index in [0.29, 0.717) is 18.6 Å². The molecule has 1 N–H and O–H groups in total. The van der Waals surface area contributed by atoms with Crippen LogP contribution in [0.25, 0.3) is 10.6 Å². The monoisotopic (exact) mass is 436 g/mol. The van der Waals surface area contributed by atoms with Gasteiger partial charge in [-0.05, 0) is 51.8 Å². The highest BCUT2D eigenvalue weighted by molar-refractivity contribution is 7.15. The van der Waals surface area contributed by atoms with Crippen molar-refractivity contribution in [3.8, 4) is 16.3 Å². The summed E-state index contributed by atoms with van der Waals surface area (Å²) in [5.41, 5.74) is 4.29. The summed E-state index contributed by atoms with van der Waals surface area (Å²) in [6, 6.07) is 15.6. The number of carbonyl (C=O) groups is 2. The standard InChI is InChI=1S/C25H28N2O3S/c1-16-5-11-21(12-6-16)25-27-19(4)24(31-25)18(3)26-23(29)15-30-22-13-9-20(10-14-22)8-7-17(2)28/h5-6,9-14,18H,7-8,15H2,1-4H3,(H,26,29). The predicted molar refractivity (Wildman–Crippen MR) is 125 cm³/mol. The minimum atomic E-state index is -0.183. The van der Waals surface area contributed by atoms with E-state index in [-0.39, 0.29) is 24.3 Å². The SMILES string of the molecule is CC(=O)CCc1ccc(OCC(=O)NC(C)c2sc(-c3ccc(C)cc3)nc2C)cc1. The van der Waals surface area contributed by atoms with Crippen LogP contribution in [0.2, 0.25) is 0 Å². The third-order valence-corrected chi connectivity index (χ3v) is 6.35. The molecule has 0 saturated carbocycles. The Morgan fingerprint density at radius 3 is 2.39 bits per heavy atom. The molecule has 1 amide bonds. The van der Waals surface area contributed by atoms with Crippen LogP contribution < -0.4 is 10.1 Å². The highest BCUT2D eigenvalue weighted by atomic mass is 32.1. The van der Waals surface area contributed by atoms with Crippen molar-refractivity contribution in [1.29, 1.82) is 0 Å². The maximum atomic E-state index is 12.4. The first kappa shape index (κ1) is 22.7. The quantitative estimate of drug-likeness (QED) is 0.500. The van der Waals surface area contributed by atoms with Crippen molar-refractivity contribution >= 4 is 23.0 Å². The molecule has 3 rings (SSSR count). The Morgan fingerprint density at radius 1 is 1.06 bits per heavy atom. The molecule has 1 aromatic heterocycles. The fourth-order valence-electron chi connectivity index (χ4n) is 3.20. The van der Waals surface area contributed by atoms with Crippen molar-refractivity contribution in [1.82, 2.24) is 10.3 Å². The van der Waals surface area contributed by atoms with E-state index in [4.69, 9.17) is 4.74 Å². The zero-order chi connectivity index (χ0) is 22.4. The summed E-state index contributed by atoms with van der Waals surface area (Å²) in [4.78, 5) is 29.2. The van der Waals surface area contributed by atoms with Crippen molar-refractivity contribution in [3.05, 3.63) is 70.2 Å². The van der Waals surface area contributed by atoms with Crippen molar-refractivity contribution in [3.63, 3.8) is 0 Å². The largest absolute Gasteiger partial charge is 0.484 e. The van der Waals surface area contributed by atoms with Gasteiger partial charge in [-0.3, -0.25) is 4.79 Å². The Labute approximate surface area is 187 Å². The average Bonchev–Trinajstić information content (AvgIpc) is 3.13. The van der Waals surface area contributed by atoms with Crippen molar-refractivity contribution < 1.29 is 14.3 Å². The van der Waals surface area contributed by atoms with Gasteiger partial charge < -0.3 is 14.8 Å². The summed E-state index contributed by atoms with van der Waals surface area (Å²) >= 11 is 1.60. The number of aromatic nitrogens is 1. The van der Waals surface area contributed by atoms with Gasteiger partial charge in [-0.1, -0.05) is 42.0 Å². The topological polar surface area (TPSA) is 68.3 Å². The lowest BCUT2D eigenvalue weighted by molar-refractivity contribution is -0.123. The van der Waals surface area contributed by atoms with Gasteiger partial charge in [0.2, 0.25) is 0 Å². The lowest BCUT2D eigenvalue weighted by Crippen LogP contribution is -2.31. The molecular formula is C25H28N2O3S. The molecular weight excluding hydrogens is 408 g/mol. The van der Waals surface area contributed by atoms with Crippen molar-refractivity contribution in [2.75, 3.05) is 6.61 Å². The Morgan fingerprint density at radius 2 is 1.74 bits per heavy atom. The molecule has 0 aliphatic carbocycles. The zero-order valence-electron chi connectivity index (χ0n) is 18.4. The van der Waals surface area contributed by atoms with E-state index in [9.17, 15) is 9.59 Å². The van der Waals surface area contributed by atoms with Crippen LogP contribution in [-0.2, 0) is 16.0 Å². The number of thiazole rings is 1. The second-order valence-corrected chi connectivity index (χ2v) is 8.79. The Kier molecular flexibility index (Phi) is 7.58. The summed E-state index contributed by atoms with van der Waals surface area (Å²) in [5, 5.41) is 3.95. The van der Waals surface area contributed by atoms with Crippen LogP contribution in [0.4, 0.5) is 0 Å². The van der Waals surface area contributed by atoms with E-state index in [1.54, 1.807) is 18.3 Å². The average molecular weight is 437 g/mol. The van der Waals surface area contributed by atoms with Gasteiger partial charge in [0.25, 0.3) is 5.91 Å². The van der Waals surface area contributed by atoms with Crippen LogP contribution >= 0.6 is 11.3 Å². The number of aryl methyl sites for hydroxylation is 3. The predicted octanol–water partition coefficient (Wildman–Crippen LogP) is 5.20. The van der Waals surface area contributed by atoms with Gasteiger partial charge >= 0.3 is 0 Å². The third-order valence-electron chi connectivity index (χ3n) is 4.96.